The van der Waals surface area contributed by atoms with Gasteiger partial charge in [-0.3, -0.25) is 0 Å². The molecule has 0 radical (unpaired) electrons. The molecule has 3 N–H and O–H groups in total. The second-order valence-electron chi connectivity index (χ2n) is 1.80. The lowest BCUT2D eigenvalue weighted by Crippen LogP contribution is -1.66. The number of allylic oxidation sites excluding steroid dienone is 2. The summed E-state index contributed by atoms with van der Waals surface area (Å²) in [4.78, 5) is 21.6. The van der Waals surface area contributed by atoms with Crippen LogP contribution >= 0.6 is 7.82 Å². The van der Waals surface area contributed by atoms with Crippen molar-refractivity contribution >= 4 is 7.82 Å². The molecule has 0 rings (SSSR count). The van der Waals surface area contributed by atoms with E-state index in [9.17, 15) is 0 Å². The van der Waals surface area contributed by atoms with Crippen LogP contribution in [-0.4, -0.2) is 14.7 Å². The average molecular weight is 182 g/mol. The molecule has 0 aliphatic heterocycles. The zero-order valence-electron chi connectivity index (χ0n) is 6.77. The van der Waals surface area contributed by atoms with E-state index in [1.54, 1.807) is 0 Å². The molecule has 0 spiro atoms. The molecular weight excluding hydrogens is 167 g/mol. The fraction of sp³-hybridized carbons (Fsp3) is 0.667. The van der Waals surface area contributed by atoms with E-state index in [2.05, 4.69) is 26.0 Å². The van der Waals surface area contributed by atoms with Gasteiger partial charge in [0.1, 0.15) is 0 Å². The van der Waals surface area contributed by atoms with E-state index in [4.69, 9.17) is 19.2 Å². The van der Waals surface area contributed by atoms with E-state index in [1.165, 1.54) is 12.8 Å². The van der Waals surface area contributed by atoms with E-state index in [0.29, 0.717) is 0 Å². The molecule has 0 saturated heterocycles. The van der Waals surface area contributed by atoms with Crippen LogP contribution in [0.15, 0.2) is 12.2 Å². The Hall–Kier alpha value is -0.150. The first-order valence-corrected chi connectivity index (χ1v) is 4.91. The van der Waals surface area contributed by atoms with Gasteiger partial charge in [0.05, 0.1) is 0 Å². The van der Waals surface area contributed by atoms with Crippen LogP contribution in [-0.2, 0) is 4.57 Å². The molecule has 0 aliphatic rings. The van der Waals surface area contributed by atoms with Crippen molar-refractivity contribution in [1.29, 1.82) is 0 Å². The van der Waals surface area contributed by atoms with Crippen molar-refractivity contribution in [1.82, 2.24) is 0 Å². The van der Waals surface area contributed by atoms with Crippen molar-refractivity contribution in [2.45, 2.75) is 26.7 Å². The van der Waals surface area contributed by atoms with Gasteiger partial charge >= 0.3 is 7.82 Å². The molecular formula is C6H15O4P. The fourth-order valence-corrected chi connectivity index (χ4v) is 0.333. The van der Waals surface area contributed by atoms with Gasteiger partial charge in [0.25, 0.3) is 0 Å². The van der Waals surface area contributed by atoms with Gasteiger partial charge in [0, 0.05) is 0 Å². The van der Waals surface area contributed by atoms with Gasteiger partial charge in [0.15, 0.2) is 0 Å². The largest absolute Gasteiger partial charge is 0.466 e. The van der Waals surface area contributed by atoms with Gasteiger partial charge in [-0.2, -0.15) is 0 Å². The Balaban J connectivity index is 0. The first kappa shape index (κ1) is 13.4. The van der Waals surface area contributed by atoms with Gasteiger partial charge < -0.3 is 14.7 Å². The fourth-order valence-electron chi connectivity index (χ4n) is 0.333. The number of phosphoric acid groups is 1. The second-order valence-corrected chi connectivity index (χ2v) is 2.83. The van der Waals surface area contributed by atoms with E-state index in [1.807, 2.05) is 0 Å². The average Bonchev–Trinajstić information content (AvgIpc) is 1.79. The van der Waals surface area contributed by atoms with Gasteiger partial charge in [-0.25, -0.2) is 4.57 Å². The van der Waals surface area contributed by atoms with Crippen LogP contribution in [0.3, 0.4) is 0 Å². The summed E-state index contributed by atoms with van der Waals surface area (Å²) in [6.45, 7) is 4.29. The lowest BCUT2D eigenvalue weighted by atomic mass is 10.4. The van der Waals surface area contributed by atoms with E-state index >= 15 is 0 Å². The molecule has 0 fully saturated rings. The third-order valence-corrected chi connectivity index (χ3v) is 0.638. The number of hydrogen-bond donors (Lipinski definition) is 3. The van der Waals surface area contributed by atoms with Crippen LogP contribution in [0.2, 0.25) is 0 Å². The molecule has 0 unspecified atom stereocenters. The molecule has 0 aromatic heterocycles. The standard InChI is InChI=1S/C6H12.H3O4P/c1-3-5-6-4-2;1-5(2,3)4/h5-6H,3-4H2,1-2H3;(H3,1,2,3,4). The maximum absolute atomic E-state index is 8.88. The summed E-state index contributed by atoms with van der Waals surface area (Å²) in [6, 6.07) is 0. The van der Waals surface area contributed by atoms with Crippen LogP contribution in [0.5, 0.6) is 0 Å². The molecule has 5 heteroatoms. The first-order chi connectivity index (χ1) is 4.91. The topological polar surface area (TPSA) is 77.8 Å². The van der Waals surface area contributed by atoms with Crippen molar-refractivity contribution in [3.63, 3.8) is 0 Å². The molecule has 0 aliphatic carbocycles. The maximum Gasteiger partial charge on any atom is 0.466 e. The highest BCUT2D eigenvalue weighted by atomic mass is 31.2. The molecule has 0 atom stereocenters. The summed E-state index contributed by atoms with van der Waals surface area (Å²) in [7, 11) is -4.64. The van der Waals surface area contributed by atoms with E-state index in [0.717, 1.165) is 0 Å². The first-order valence-electron chi connectivity index (χ1n) is 3.35. The van der Waals surface area contributed by atoms with Gasteiger partial charge in [-0.1, -0.05) is 26.0 Å². The Morgan fingerprint density at radius 2 is 1.27 bits per heavy atom. The SMILES string of the molecule is CCC=CCC.O=P(O)(O)O. The Morgan fingerprint density at radius 3 is 1.36 bits per heavy atom. The molecule has 0 saturated carbocycles. The second kappa shape index (κ2) is 7.95. The van der Waals surface area contributed by atoms with Gasteiger partial charge in [0.2, 0.25) is 0 Å². The molecule has 0 aromatic rings. The minimum Gasteiger partial charge on any atom is -0.303 e. The van der Waals surface area contributed by atoms with Crippen molar-refractivity contribution in [3.05, 3.63) is 12.2 Å². The highest BCUT2D eigenvalue weighted by Crippen LogP contribution is 2.25. The normalized spacial score (nSPS) is 11.0. The van der Waals surface area contributed by atoms with E-state index < -0.39 is 7.82 Å². The Morgan fingerprint density at radius 1 is 1.09 bits per heavy atom. The molecule has 0 heterocycles. The van der Waals surface area contributed by atoms with Crippen molar-refractivity contribution < 1.29 is 19.2 Å². The third-order valence-electron chi connectivity index (χ3n) is 0.638. The lowest BCUT2D eigenvalue weighted by Gasteiger charge is -1.82. The Kier molecular flexibility index (Phi) is 9.72. The lowest BCUT2D eigenvalue weighted by molar-refractivity contribution is 0.275. The summed E-state index contributed by atoms with van der Waals surface area (Å²) < 4.78 is 8.88. The molecule has 11 heavy (non-hydrogen) atoms. The summed E-state index contributed by atoms with van der Waals surface area (Å²) in [5.74, 6) is 0. The molecule has 0 bridgehead atoms. The zero-order chi connectivity index (χ0) is 9.33. The van der Waals surface area contributed by atoms with E-state index in [-0.39, 0.29) is 0 Å². The van der Waals surface area contributed by atoms with Gasteiger partial charge in [-0.15, -0.1) is 0 Å². The summed E-state index contributed by atoms with van der Waals surface area (Å²) in [6.07, 6.45) is 6.71. The summed E-state index contributed by atoms with van der Waals surface area (Å²) in [5, 5.41) is 0. The van der Waals surface area contributed by atoms with Crippen LogP contribution in [0.25, 0.3) is 0 Å². The van der Waals surface area contributed by atoms with Crippen molar-refractivity contribution in [3.8, 4) is 0 Å². The minimum atomic E-state index is -4.64. The molecule has 4 nitrogen and oxygen atoms in total. The Labute approximate surface area is 66.8 Å². The number of rotatable bonds is 2. The highest BCUT2D eigenvalue weighted by Gasteiger charge is 2.00. The highest BCUT2D eigenvalue weighted by molar-refractivity contribution is 7.45. The minimum absolute atomic E-state index is 1.17. The molecule has 68 valence electrons. The van der Waals surface area contributed by atoms with Gasteiger partial charge in [-0.05, 0) is 12.8 Å². The zero-order valence-corrected chi connectivity index (χ0v) is 7.66. The smallest absolute Gasteiger partial charge is 0.303 e. The molecule has 0 amide bonds. The van der Waals surface area contributed by atoms with Crippen LogP contribution < -0.4 is 0 Å². The third kappa shape index (κ3) is 74.7. The summed E-state index contributed by atoms with van der Waals surface area (Å²) in [5.41, 5.74) is 0. The molecule has 0 aromatic carbocycles. The monoisotopic (exact) mass is 182 g/mol. The van der Waals surface area contributed by atoms with Crippen LogP contribution in [0.4, 0.5) is 0 Å². The number of hydrogen-bond acceptors (Lipinski definition) is 1. The van der Waals surface area contributed by atoms with Crippen LogP contribution in [0.1, 0.15) is 26.7 Å². The van der Waals surface area contributed by atoms with Crippen molar-refractivity contribution in [2.75, 3.05) is 0 Å². The summed E-state index contributed by atoms with van der Waals surface area (Å²) >= 11 is 0. The Bertz CT molecular complexity index is 123. The van der Waals surface area contributed by atoms with Crippen LogP contribution in [0, 0.1) is 0 Å². The predicted molar refractivity (Wildman–Crippen MR) is 44.0 cm³/mol. The maximum atomic E-state index is 8.88. The van der Waals surface area contributed by atoms with Crippen molar-refractivity contribution in [2.24, 2.45) is 0 Å². The predicted octanol–water partition coefficient (Wildman–Crippen LogP) is 1.43. The quantitative estimate of drug-likeness (QED) is 0.446.